The van der Waals surface area contributed by atoms with Crippen molar-refractivity contribution < 1.29 is 0 Å². The quantitative estimate of drug-likeness (QED) is 0.604. The van der Waals surface area contributed by atoms with Crippen LogP contribution in [0.1, 0.15) is 32.6 Å². The van der Waals surface area contributed by atoms with Crippen LogP contribution >= 0.6 is 0 Å². The summed E-state index contributed by atoms with van der Waals surface area (Å²) in [7, 11) is 0. The molecule has 1 fully saturated rings. The Kier molecular flexibility index (Phi) is 3.87. The second kappa shape index (κ2) is 4.73. The highest BCUT2D eigenvalue weighted by molar-refractivity contribution is 4.81. The second-order valence-electron chi connectivity index (χ2n) is 3.57. The van der Waals surface area contributed by atoms with Crippen molar-refractivity contribution in [1.82, 2.24) is 5.32 Å². The Hall–Kier alpha value is -0.0800. The van der Waals surface area contributed by atoms with Crippen molar-refractivity contribution in [2.75, 3.05) is 13.1 Å². The van der Waals surface area contributed by atoms with Crippen LogP contribution in [0.15, 0.2) is 0 Å². The fourth-order valence-electron chi connectivity index (χ4n) is 1.33. The van der Waals surface area contributed by atoms with Gasteiger partial charge in [0.2, 0.25) is 0 Å². The molecular weight excluding hydrogens is 136 g/mol. The normalized spacial score (nSPS) is 20.2. The topological polar surface area (TPSA) is 38.0 Å². The van der Waals surface area contributed by atoms with Gasteiger partial charge < -0.3 is 11.1 Å². The Morgan fingerprint density at radius 1 is 1.55 bits per heavy atom. The van der Waals surface area contributed by atoms with Crippen LogP contribution in [0.25, 0.3) is 0 Å². The fourth-order valence-corrected chi connectivity index (χ4v) is 1.33. The molecule has 1 atom stereocenters. The summed E-state index contributed by atoms with van der Waals surface area (Å²) in [5.74, 6) is 0.709. The van der Waals surface area contributed by atoms with E-state index < -0.39 is 0 Å². The Morgan fingerprint density at radius 2 is 2.27 bits per heavy atom. The first-order chi connectivity index (χ1) is 5.36. The molecule has 0 aromatic carbocycles. The molecular formula is C9H20N2. The highest BCUT2D eigenvalue weighted by atomic mass is 14.9. The Balaban J connectivity index is 1.98. The summed E-state index contributed by atoms with van der Waals surface area (Å²) < 4.78 is 0. The van der Waals surface area contributed by atoms with Crippen LogP contribution < -0.4 is 11.1 Å². The average molecular weight is 156 g/mol. The molecule has 0 aromatic heterocycles. The summed E-state index contributed by atoms with van der Waals surface area (Å²) in [4.78, 5) is 0. The molecule has 0 spiro atoms. The Bertz CT molecular complexity index is 99.7. The van der Waals surface area contributed by atoms with Crippen LogP contribution in [0.2, 0.25) is 0 Å². The van der Waals surface area contributed by atoms with Crippen LogP contribution in [0, 0.1) is 5.92 Å². The van der Waals surface area contributed by atoms with Crippen LogP contribution in [0.3, 0.4) is 0 Å². The molecule has 2 heteroatoms. The SMILES string of the molecule is CCCC(CN)CNC1CC1. The van der Waals surface area contributed by atoms with Crippen molar-refractivity contribution in [3.8, 4) is 0 Å². The van der Waals surface area contributed by atoms with Gasteiger partial charge in [-0.05, 0) is 38.3 Å². The van der Waals surface area contributed by atoms with Gasteiger partial charge in [0.25, 0.3) is 0 Å². The standard InChI is InChI=1S/C9H20N2/c1-2-3-8(6-10)7-11-9-4-5-9/h8-9,11H,2-7,10H2,1H3. The minimum absolute atomic E-state index is 0.709. The van der Waals surface area contributed by atoms with E-state index >= 15 is 0 Å². The van der Waals surface area contributed by atoms with Crippen molar-refractivity contribution in [2.24, 2.45) is 11.7 Å². The first-order valence-electron chi connectivity index (χ1n) is 4.80. The number of nitrogens with one attached hydrogen (secondary N) is 1. The highest BCUT2D eigenvalue weighted by Crippen LogP contribution is 2.19. The molecule has 0 aliphatic heterocycles. The van der Waals surface area contributed by atoms with E-state index in [0.29, 0.717) is 5.92 Å². The minimum Gasteiger partial charge on any atom is -0.330 e. The van der Waals surface area contributed by atoms with Crippen molar-refractivity contribution in [3.63, 3.8) is 0 Å². The van der Waals surface area contributed by atoms with Crippen molar-refractivity contribution in [1.29, 1.82) is 0 Å². The van der Waals surface area contributed by atoms with E-state index in [4.69, 9.17) is 5.73 Å². The molecule has 3 N–H and O–H groups in total. The summed E-state index contributed by atoms with van der Waals surface area (Å²) in [6, 6.07) is 0.834. The number of hydrogen-bond acceptors (Lipinski definition) is 2. The predicted molar refractivity (Wildman–Crippen MR) is 48.5 cm³/mol. The number of hydrogen-bond donors (Lipinski definition) is 2. The predicted octanol–water partition coefficient (Wildman–Crippen LogP) is 1.11. The second-order valence-corrected chi connectivity index (χ2v) is 3.57. The fraction of sp³-hybridized carbons (Fsp3) is 1.00. The number of nitrogens with two attached hydrogens (primary N) is 1. The molecule has 0 aromatic rings. The van der Waals surface area contributed by atoms with E-state index in [1.54, 1.807) is 0 Å². The van der Waals surface area contributed by atoms with Gasteiger partial charge in [-0.3, -0.25) is 0 Å². The molecule has 0 heterocycles. The largest absolute Gasteiger partial charge is 0.330 e. The van der Waals surface area contributed by atoms with Crippen molar-refractivity contribution >= 4 is 0 Å². The van der Waals surface area contributed by atoms with E-state index in [1.807, 2.05) is 0 Å². The molecule has 1 aliphatic carbocycles. The first kappa shape index (κ1) is 9.01. The van der Waals surface area contributed by atoms with E-state index in [0.717, 1.165) is 19.1 Å². The van der Waals surface area contributed by atoms with E-state index in [2.05, 4.69) is 12.2 Å². The van der Waals surface area contributed by atoms with Gasteiger partial charge in [-0.1, -0.05) is 13.3 Å². The maximum absolute atomic E-state index is 5.63. The third kappa shape index (κ3) is 3.73. The molecule has 0 amide bonds. The third-order valence-electron chi connectivity index (χ3n) is 2.30. The highest BCUT2D eigenvalue weighted by Gasteiger charge is 2.21. The lowest BCUT2D eigenvalue weighted by Gasteiger charge is -2.13. The van der Waals surface area contributed by atoms with E-state index in [1.165, 1.54) is 25.7 Å². The molecule has 66 valence electrons. The zero-order valence-electron chi connectivity index (χ0n) is 7.47. The molecule has 1 saturated carbocycles. The summed E-state index contributed by atoms with van der Waals surface area (Å²) in [5.41, 5.74) is 5.63. The van der Waals surface area contributed by atoms with Gasteiger partial charge in [0.05, 0.1) is 0 Å². The summed E-state index contributed by atoms with van der Waals surface area (Å²) in [6.07, 6.45) is 5.29. The zero-order valence-corrected chi connectivity index (χ0v) is 7.47. The van der Waals surface area contributed by atoms with Gasteiger partial charge in [-0.25, -0.2) is 0 Å². The van der Waals surface area contributed by atoms with Crippen molar-refractivity contribution in [3.05, 3.63) is 0 Å². The third-order valence-corrected chi connectivity index (χ3v) is 2.30. The van der Waals surface area contributed by atoms with E-state index in [9.17, 15) is 0 Å². The van der Waals surface area contributed by atoms with Gasteiger partial charge in [0.1, 0.15) is 0 Å². The minimum atomic E-state index is 0.709. The molecule has 11 heavy (non-hydrogen) atoms. The summed E-state index contributed by atoms with van der Waals surface area (Å²) >= 11 is 0. The van der Waals surface area contributed by atoms with Gasteiger partial charge in [-0.2, -0.15) is 0 Å². The monoisotopic (exact) mass is 156 g/mol. The van der Waals surface area contributed by atoms with Gasteiger partial charge >= 0.3 is 0 Å². The van der Waals surface area contributed by atoms with Gasteiger partial charge in [-0.15, -0.1) is 0 Å². The zero-order chi connectivity index (χ0) is 8.10. The first-order valence-corrected chi connectivity index (χ1v) is 4.80. The molecule has 1 aliphatic rings. The summed E-state index contributed by atoms with van der Waals surface area (Å²) in [6.45, 7) is 4.20. The lowest BCUT2D eigenvalue weighted by Crippen LogP contribution is -2.29. The lowest BCUT2D eigenvalue weighted by molar-refractivity contribution is 0.448. The molecule has 0 saturated heterocycles. The molecule has 1 unspecified atom stereocenters. The smallest absolute Gasteiger partial charge is 0.00683 e. The average Bonchev–Trinajstić information content (AvgIpc) is 2.81. The molecule has 2 nitrogen and oxygen atoms in total. The molecule has 0 bridgehead atoms. The van der Waals surface area contributed by atoms with Gasteiger partial charge in [0.15, 0.2) is 0 Å². The Labute approximate surface area is 69.5 Å². The molecule has 0 radical (unpaired) electrons. The summed E-state index contributed by atoms with van der Waals surface area (Å²) in [5, 5.41) is 3.51. The van der Waals surface area contributed by atoms with Crippen LogP contribution in [0.5, 0.6) is 0 Å². The van der Waals surface area contributed by atoms with Crippen molar-refractivity contribution in [2.45, 2.75) is 38.6 Å². The maximum atomic E-state index is 5.63. The molecule has 1 rings (SSSR count). The lowest BCUT2D eigenvalue weighted by atomic mass is 10.0. The number of rotatable bonds is 6. The van der Waals surface area contributed by atoms with Crippen LogP contribution in [0.4, 0.5) is 0 Å². The van der Waals surface area contributed by atoms with Crippen LogP contribution in [-0.4, -0.2) is 19.1 Å². The Morgan fingerprint density at radius 3 is 2.73 bits per heavy atom. The maximum Gasteiger partial charge on any atom is 0.00683 e. The van der Waals surface area contributed by atoms with Gasteiger partial charge in [0, 0.05) is 6.04 Å². The van der Waals surface area contributed by atoms with Crippen LogP contribution in [-0.2, 0) is 0 Å². The van der Waals surface area contributed by atoms with E-state index in [-0.39, 0.29) is 0 Å².